The molecule has 0 aliphatic heterocycles. The molecule has 0 N–H and O–H groups in total. The second kappa shape index (κ2) is 8.88. The zero-order valence-corrected chi connectivity index (χ0v) is 18.4. The van der Waals surface area contributed by atoms with E-state index in [4.69, 9.17) is 16.1 Å². The number of hydrogen-bond acceptors (Lipinski definition) is 5. The Labute approximate surface area is 181 Å². The molecule has 1 saturated carbocycles. The highest BCUT2D eigenvalue weighted by Gasteiger charge is 2.34. The maximum atomic E-state index is 13.5. The molecule has 0 saturated heterocycles. The molecule has 3 aromatic rings. The Morgan fingerprint density at radius 3 is 2.37 bits per heavy atom. The number of aromatic nitrogens is 2. The highest BCUT2D eigenvalue weighted by molar-refractivity contribution is 7.89. The molecule has 4 rings (SSSR count). The van der Waals surface area contributed by atoms with Gasteiger partial charge >= 0.3 is 0 Å². The van der Waals surface area contributed by atoms with E-state index in [1.165, 1.54) is 4.31 Å². The average Bonchev–Trinajstić information content (AvgIpc) is 3.22. The lowest BCUT2D eigenvalue weighted by atomic mass is 9.95. The summed E-state index contributed by atoms with van der Waals surface area (Å²) in [5, 5.41) is 4.55. The Morgan fingerprint density at radius 1 is 1.03 bits per heavy atom. The normalized spacial score (nSPS) is 15.6. The Hall–Kier alpha value is -2.22. The van der Waals surface area contributed by atoms with Crippen LogP contribution in [0.1, 0.15) is 43.6 Å². The van der Waals surface area contributed by atoms with Gasteiger partial charge in [0, 0.05) is 16.6 Å². The number of benzene rings is 2. The molecule has 0 unspecified atom stereocenters. The highest BCUT2D eigenvalue weighted by Crippen LogP contribution is 2.30. The summed E-state index contributed by atoms with van der Waals surface area (Å²) in [5.74, 6) is 0.742. The monoisotopic (exact) mass is 445 g/mol. The molecule has 0 atom stereocenters. The Bertz CT molecular complexity index is 1090. The fraction of sp³-hybridized carbons (Fsp3) is 0.364. The maximum Gasteiger partial charge on any atom is 0.243 e. The van der Waals surface area contributed by atoms with Gasteiger partial charge < -0.3 is 4.52 Å². The van der Waals surface area contributed by atoms with Crippen LogP contribution in [0, 0.1) is 6.92 Å². The number of halogens is 1. The number of nitrogens with zero attached hydrogens (tertiary/aromatic N) is 3. The molecule has 1 aliphatic carbocycles. The maximum absolute atomic E-state index is 13.5. The summed E-state index contributed by atoms with van der Waals surface area (Å²) in [6.07, 6.45) is 4.80. The van der Waals surface area contributed by atoms with Crippen molar-refractivity contribution in [1.29, 1.82) is 0 Å². The molecule has 6 nitrogen and oxygen atoms in total. The highest BCUT2D eigenvalue weighted by atomic mass is 35.5. The third kappa shape index (κ3) is 4.58. The van der Waals surface area contributed by atoms with Crippen LogP contribution >= 0.6 is 11.6 Å². The summed E-state index contributed by atoms with van der Waals surface area (Å²) in [6, 6.07) is 14.0. The molecule has 0 amide bonds. The van der Waals surface area contributed by atoms with Gasteiger partial charge in [-0.3, -0.25) is 0 Å². The van der Waals surface area contributed by atoms with Crippen molar-refractivity contribution in [2.45, 2.75) is 56.5 Å². The zero-order valence-electron chi connectivity index (χ0n) is 16.8. The largest absolute Gasteiger partial charge is 0.338 e. The zero-order chi connectivity index (χ0) is 21.1. The van der Waals surface area contributed by atoms with Crippen LogP contribution in [0.4, 0.5) is 0 Å². The van der Waals surface area contributed by atoms with E-state index in [1.807, 2.05) is 31.2 Å². The van der Waals surface area contributed by atoms with Gasteiger partial charge in [-0.2, -0.15) is 9.29 Å². The molecule has 30 heavy (non-hydrogen) atoms. The minimum absolute atomic E-state index is 0.0501. The molecular weight excluding hydrogens is 422 g/mol. The fourth-order valence-electron chi connectivity index (χ4n) is 3.79. The van der Waals surface area contributed by atoms with E-state index in [0.717, 1.165) is 43.2 Å². The lowest BCUT2D eigenvalue weighted by molar-refractivity contribution is 0.223. The second-order valence-electron chi connectivity index (χ2n) is 7.67. The summed E-state index contributed by atoms with van der Waals surface area (Å²) in [7, 11) is -3.73. The molecule has 158 valence electrons. The van der Waals surface area contributed by atoms with Crippen LogP contribution in [-0.2, 0) is 16.6 Å². The van der Waals surface area contributed by atoms with Gasteiger partial charge in [0.1, 0.15) is 0 Å². The fourth-order valence-corrected chi connectivity index (χ4v) is 5.55. The van der Waals surface area contributed by atoms with E-state index in [1.54, 1.807) is 24.3 Å². The first-order valence-corrected chi connectivity index (χ1v) is 11.9. The Balaban J connectivity index is 1.63. The first kappa shape index (κ1) is 21.0. The minimum atomic E-state index is -3.73. The average molecular weight is 446 g/mol. The summed E-state index contributed by atoms with van der Waals surface area (Å²) in [5.41, 5.74) is 1.97. The minimum Gasteiger partial charge on any atom is -0.338 e. The van der Waals surface area contributed by atoms with Crippen LogP contribution in [0.25, 0.3) is 11.4 Å². The van der Waals surface area contributed by atoms with Gasteiger partial charge in [-0.05, 0) is 44.0 Å². The summed E-state index contributed by atoms with van der Waals surface area (Å²) < 4.78 is 33.9. The Kier molecular flexibility index (Phi) is 6.22. The van der Waals surface area contributed by atoms with Crippen molar-refractivity contribution in [2.75, 3.05) is 0 Å². The van der Waals surface area contributed by atoms with Gasteiger partial charge in [-0.25, -0.2) is 8.42 Å². The number of aryl methyl sites for hydroxylation is 1. The van der Waals surface area contributed by atoms with Crippen molar-refractivity contribution in [2.24, 2.45) is 0 Å². The van der Waals surface area contributed by atoms with Crippen molar-refractivity contribution in [3.63, 3.8) is 0 Å². The molecule has 1 aliphatic rings. The summed E-state index contributed by atoms with van der Waals surface area (Å²) in [4.78, 5) is 4.68. The number of hydrogen-bond donors (Lipinski definition) is 0. The first-order chi connectivity index (χ1) is 14.4. The van der Waals surface area contributed by atoms with Crippen LogP contribution in [0.15, 0.2) is 57.9 Å². The molecule has 1 fully saturated rings. The molecule has 2 aromatic carbocycles. The Morgan fingerprint density at radius 2 is 1.70 bits per heavy atom. The van der Waals surface area contributed by atoms with Gasteiger partial charge in [-0.15, -0.1) is 0 Å². The summed E-state index contributed by atoms with van der Waals surface area (Å²) in [6.45, 7) is 2.06. The molecule has 0 spiro atoms. The molecule has 1 heterocycles. The van der Waals surface area contributed by atoms with E-state index < -0.39 is 10.0 Å². The first-order valence-electron chi connectivity index (χ1n) is 10.1. The molecular formula is C22H24ClN3O3S. The topological polar surface area (TPSA) is 76.3 Å². The van der Waals surface area contributed by atoms with Crippen molar-refractivity contribution in [3.8, 4) is 11.4 Å². The van der Waals surface area contributed by atoms with E-state index in [2.05, 4.69) is 10.1 Å². The lowest BCUT2D eigenvalue weighted by Crippen LogP contribution is -2.41. The van der Waals surface area contributed by atoms with Gasteiger partial charge in [0.05, 0.1) is 11.4 Å². The van der Waals surface area contributed by atoms with Crippen molar-refractivity contribution >= 4 is 21.6 Å². The van der Waals surface area contributed by atoms with Crippen LogP contribution < -0.4 is 0 Å². The standard InChI is InChI=1S/C22H24ClN3O3S/c1-16-7-9-17(10-8-16)22-24-21(29-25-22)15-26(19-5-3-2-4-6-19)30(27,28)20-13-11-18(23)12-14-20/h7-14,19H,2-6,15H2,1H3. The lowest BCUT2D eigenvalue weighted by Gasteiger charge is -2.32. The van der Waals surface area contributed by atoms with Gasteiger partial charge in [0.15, 0.2) is 0 Å². The second-order valence-corrected chi connectivity index (χ2v) is 10.0. The van der Waals surface area contributed by atoms with Crippen molar-refractivity contribution in [3.05, 3.63) is 65.0 Å². The predicted molar refractivity (Wildman–Crippen MR) is 116 cm³/mol. The van der Waals surface area contributed by atoms with Gasteiger partial charge in [0.2, 0.25) is 21.7 Å². The van der Waals surface area contributed by atoms with Gasteiger partial charge in [-0.1, -0.05) is 65.8 Å². The quantitative estimate of drug-likeness (QED) is 0.519. The molecule has 1 aromatic heterocycles. The van der Waals surface area contributed by atoms with Crippen LogP contribution in [0.2, 0.25) is 5.02 Å². The van der Waals surface area contributed by atoms with E-state index in [-0.39, 0.29) is 23.4 Å². The predicted octanol–water partition coefficient (Wildman–Crippen LogP) is 5.22. The van der Waals surface area contributed by atoms with E-state index >= 15 is 0 Å². The molecule has 0 bridgehead atoms. The van der Waals surface area contributed by atoms with E-state index in [9.17, 15) is 8.42 Å². The SMILES string of the molecule is Cc1ccc(-c2noc(CN(C3CCCCC3)S(=O)(=O)c3ccc(Cl)cc3)n2)cc1. The van der Waals surface area contributed by atoms with Crippen LogP contribution in [0.3, 0.4) is 0 Å². The number of sulfonamides is 1. The summed E-state index contributed by atoms with van der Waals surface area (Å²) >= 11 is 5.95. The van der Waals surface area contributed by atoms with Crippen LogP contribution in [0.5, 0.6) is 0 Å². The van der Waals surface area contributed by atoms with Gasteiger partial charge in [0.25, 0.3) is 0 Å². The number of rotatable bonds is 6. The smallest absolute Gasteiger partial charge is 0.243 e. The third-order valence-corrected chi connectivity index (χ3v) is 7.64. The van der Waals surface area contributed by atoms with Crippen LogP contribution in [-0.4, -0.2) is 28.9 Å². The third-order valence-electron chi connectivity index (χ3n) is 5.47. The van der Waals surface area contributed by atoms with E-state index in [0.29, 0.717) is 10.8 Å². The van der Waals surface area contributed by atoms with Crippen molar-refractivity contribution in [1.82, 2.24) is 14.4 Å². The molecule has 8 heteroatoms. The van der Waals surface area contributed by atoms with Crippen molar-refractivity contribution < 1.29 is 12.9 Å². The molecule has 0 radical (unpaired) electrons.